The van der Waals surface area contributed by atoms with Crippen molar-refractivity contribution in [1.29, 1.82) is 0 Å². The average molecular weight is 282 g/mol. The van der Waals surface area contributed by atoms with Crippen LogP contribution in [-0.4, -0.2) is 28.2 Å². The van der Waals surface area contributed by atoms with Gasteiger partial charge < -0.3 is 14.2 Å². The molecule has 0 saturated carbocycles. The lowest BCUT2D eigenvalue weighted by molar-refractivity contribution is -0.168. The van der Waals surface area contributed by atoms with Crippen molar-refractivity contribution in [3.05, 3.63) is 41.8 Å². The van der Waals surface area contributed by atoms with E-state index >= 15 is 0 Å². The Kier molecular flexibility index (Phi) is 3.09. The third-order valence-electron chi connectivity index (χ3n) is 3.76. The van der Waals surface area contributed by atoms with Crippen molar-refractivity contribution < 1.29 is 9.83 Å². The summed E-state index contributed by atoms with van der Waals surface area (Å²) in [5, 5.41) is 8.98. The van der Waals surface area contributed by atoms with Crippen LogP contribution in [0.25, 0.3) is 21.9 Å². The summed E-state index contributed by atoms with van der Waals surface area (Å²) in [6, 6.07) is 12.2. The average Bonchev–Trinajstić information content (AvgIpc) is 2.46. The predicted octanol–water partition coefficient (Wildman–Crippen LogP) is 1.38. The first-order valence-electron chi connectivity index (χ1n) is 6.91. The van der Waals surface area contributed by atoms with Crippen molar-refractivity contribution in [3.63, 3.8) is 0 Å². The standard InChI is InChI=1S/C17H19N3O/c1-19(2)11-5-7-13-15(9-11)21-16-10-12(20(3)4)6-8-14(16)17(13)18/h5-10,18H,1-4H3/p+1. The van der Waals surface area contributed by atoms with Gasteiger partial charge >= 0.3 is 0 Å². The van der Waals surface area contributed by atoms with Gasteiger partial charge in [-0.1, -0.05) is 0 Å². The van der Waals surface area contributed by atoms with E-state index in [9.17, 15) is 0 Å². The molecule has 0 fully saturated rings. The van der Waals surface area contributed by atoms with Gasteiger partial charge in [0.05, 0.1) is 10.8 Å². The van der Waals surface area contributed by atoms with Crippen molar-refractivity contribution >= 4 is 33.3 Å². The second-order valence-corrected chi connectivity index (χ2v) is 5.67. The topological polar surface area (TPSA) is 45.2 Å². The van der Waals surface area contributed by atoms with E-state index in [4.69, 9.17) is 9.83 Å². The summed E-state index contributed by atoms with van der Waals surface area (Å²) >= 11 is 0. The summed E-state index contributed by atoms with van der Waals surface area (Å²) in [6.07, 6.45) is 0. The van der Waals surface area contributed by atoms with Gasteiger partial charge in [0.15, 0.2) is 0 Å². The molecular weight excluding hydrogens is 262 g/mol. The van der Waals surface area contributed by atoms with Crippen molar-refractivity contribution in [2.24, 2.45) is 0 Å². The third-order valence-corrected chi connectivity index (χ3v) is 3.76. The van der Waals surface area contributed by atoms with E-state index in [1.807, 2.05) is 74.4 Å². The fourth-order valence-corrected chi connectivity index (χ4v) is 2.46. The molecule has 0 amide bonds. The molecule has 2 N–H and O–H groups in total. The van der Waals surface area contributed by atoms with E-state index < -0.39 is 0 Å². The smallest absolute Gasteiger partial charge is 0.218 e. The molecule has 1 heterocycles. The van der Waals surface area contributed by atoms with Crippen LogP contribution in [0.3, 0.4) is 0 Å². The summed E-state index contributed by atoms with van der Waals surface area (Å²) in [7, 11) is 8.04. The zero-order valence-electron chi connectivity index (χ0n) is 12.8. The Morgan fingerprint density at radius 1 is 0.762 bits per heavy atom. The van der Waals surface area contributed by atoms with Gasteiger partial charge in [-0.3, -0.25) is 5.41 Å². The molecule has 108 valence electrons. The maximum Gasteiger partial charge on any atom is 0.218 e. The first-order valence-corrected chi connectivity index (χ1v) is 6.91. The number of hydrogen-bond donors (Lipinski definition) is 1. The van der Waals surface area contributed by atoms with E-state index in [0.29, 0.717) is 0 Å². The van der Waals surface area contributed by atoms with Crippen molar-refractivity contribution in [1.82, 2.24) is 0 Å². The number of benzene rings is 2. The van der Waals surface area contributed by atoms with Gasteiger partial charge in [-0.25, -0.2) is 0 Å². The SMILES string of the molecule is CN(C)c1ccc2c(=[NH2+])c3ccc(N(C)C)cc3oc2c1. The fourth-order valence-electron chi connectivity index (χ4n) is 2.46. The van der Waals surface area contributed by atoms with Gasteiger partial charge in [-0.15, -0.1) is 0 Å². The third kappa shape index (κ3) is 2.23. The Labute approximate surface area is 123 Å². The van der Waals surface area contributed by atoms with E-state index in [0.717, 1.165) is 38.7 Å². The highest BCUT2D eigenvalue weighted by Gasteiger charge is 2.11. The highest BCUT2D eigenvalue weighted by atomic mass is 16.3. The first kappa shape index (κ1) is 13.5. The largest absolute Gasteiger partial charge is 0.455 e. The van der Waals surface area contributed by atoms with Crippen LogP contribution in [0.1, 0.15) is 0 Å². The quantitative estimate of drug-likeness (QED) is 0.722. The summed E-state index contributed by atoms with van der Waals surface area (Å²) in [5.74, 6) is 0. The second kappa shape index (κ2) is 4.81. The molecule has 0 unspecified atom stereocenters. The maximum atomic E-state index is 6.32. The van der Waals surface area contributed by atoms with Crippen molar-refractivity contribution in [2.45, 2.75) is 0 Å². The number of hydrogen-bond acceptors (Lipinski definition) is 3. The van der Waals surface area contributed by atoms with E-state index in [-0.39, 0.29) is 0 Å². The zero-order chi connectivity index (χ0) is 15.1. The molecule has 2 aromatic carbocycles. The lowest BCUT2D eigenvalue weighted by Crippen LogP contribution is -2.45. The zero-order valence-corrected chi connectivity index (χ0v) is 12.8. The number of rotatable bonds is 2. The minimum Gasteiger partial charge on any atom is -0.455 e. The van der Waals surface area contributed by atoms with Crippen LogP contribution in [0.2, 0.25) is 0 Å². The molecule has 1 aromatic heterocycles. The van der Waals surface area contributed by atoms with Gasteiger partial charge in [0.25, 0.3) is 0 Å². The van der Waals surface area contributed by atoms with Crippen LogP contribution in [0.4, 0.5) is 11.4 Å². The van der Waals surface area contributed by atoms with E-state index in [2.05, 4.69) is 0 Å². The molecule has 0 spiro atoms. The highest BCUT2D eigenvalue weighted by Crippen LogP contribution is 2.25. The van der Waals surface area contributed by atoms with Crippen LogP contribution in [0.15, 0.2) is 40.8 Å². The molecule has 0 aliphatic rings. The van der Waals surface area contributed by atoms with Gasteiger partial charge in [-0.2, -0.15) is 0 Å². The molecule has 3 rings (SSSR count). The van der Waals surface area contributed by atoms with Gasteiger partial charge in [0, 0.05) is 51.7 Å². The molecule has 0 atom stereocenters. The van der Waals surface area contributed by atoms with Crippen molar-refractivity contribution in [2.75, 3.05) is 38.0 Å². The summed E-state index contributed by atoms with van der Waals surface area (Å²) < 4.78 is 6.08. The normalized spacial score (nSPS) is 11.0. The number of fused-ring (bicyclic) bond motifs is 2. The van der Waals surface area contributed by atoms with E-state index in [1.165, 1.54) is 0 Å². The van der Waals surface area contributed by atoms with Gasteiger partial charge in [0.2, 0.25) is 5.36 Å². The summed E-state index contributed by atoms with van der Waals surface area (Å²) in [5.41, 5.74) is 3.80. The molecule has 0 saturated heterocycles. The number of nitrogens with two attached hydrogens (primary N) is 1. The van der Waals surface area contributed by atoms with Gasteiger partial charge in [0.1, 0.15) is 11.2 Å². The van der Waals surface area contributed by atoms with Crippen LogP contribution in [0, 0.1) is 0 Å². The Balaban J connectivity index is 2.35. The molecular formula is C17H20N3O+. The van der Waals surface area contributed by atoms with Crippen LogP contribution < -0.4 is 20.6 Å². The minimum atomic E-state index is 0.766. The highest BCUT2D eigenvalue weighted by molar-refractivity contribution is 5.91. The molecule has 0 radical (unpaired) electrons. The Morgan fingerprint density at radius 2 is 1.19 bits per heavy atom. The number of anilines is 2. The Bertz CT molecular complexity index is 809. The molecule has 21 heavy (non-hydrogen) atoms. The lowest BCUT2D eigenvalue weighted by atomic mass is 10.1. The van der Waals surface area contributed by atoms with Crippen LogP contribution in [0.5, 0.6) is 0 Å². The van der Waals surface area contributed by atoms with Gasteiger partial charge in [-0.05, 0) is 24.3 Å². The molecule has 0 aliphatic carbocycles. The Hall–Kier alpha value is -2.49. The monoisotopic (exact) mass is 282 g/mol. The van der Waals surface area contributed by atoms with E-state index in [1.54, 1.807) is 0 Å². The maximum absolute atomic E-state index is 6.32. The fraction of sp³-hybridized carbons (Fsp3) is 0.235. The first-order chi connectivity index (χ1) is 9.97. The summed E-state index contributed by atoms with van der Waals surface area (Å²) in [4.78, 5) is 4.09. The second-order valence-electron chi connectivity index (χ2n) is 5.67. The molecule has 0 aliphatic heterocycles. The minimum absolute atomic E-state index is 0.766. The lowest BCUT2D eigenvalue weighted by Gasteiger charge is -2.14. The molecule has 4 heteroatoms. The molecule has 3 aromatic rings. The van der Waals surface area contributed by atoms with Crippen LogP contribution >= 0.6 is 0 Å². The van der Waals surface area contributed by atoms with Crippen molar-refractivity contribution in [3.8, 4) is 0 Å². The Morgan fingerprint density at radius 3 is 1.57 bits per heavy atom. The van der Waals surface area contributed by atoms with Crippen LogP contribution in [-0.2, 0) is 0 Å². The molecule has 0 bridgehead atoms. The number of nitrogens with zero attached hydrogens (tertiary/aromatic N) is 2. The molecule has 4 nitrogen and oxygen atoms in total. The summed E-state index contributed by atoms with van der Waals surface area (Å²) in [6.45, 7) is 0. The predicted molar refractivity (Wildman–Crippen MR) is 87.4 cm³/mol.